The van der Waals surface area contributed by atoms with E-state index < -0.39 is 0 Å². The molecule has 0 unspecified atom stereocenters. The summed E-state index contributed by atoms with van der Waals surface area (Å²) in [7, 11) is 1.55. The Kier molecular flexibility index (Phi) is 3.71. The second kappa shape index (κ2) is 5.44. The van der Waals surface area contributed by atoms with Crippen molar-refractivity contribution >= 4 is 17.3 Å². The molecule has 0 fully saturated rings. The number of hydrogen-bond acceptors (Lipinski definition) is 3. The number of carbonyl (C=O) groups excluding carboxylic acids is 1. The number of methoxy groups -OCH3 is 1. The number of anilines is 2. The lowest BCUT2D eigenvalue weighted by atomic mass is 10.1. The average Bonchev–Trinajstić information content (AvgIpc) is 2.42. The van der Waals surface area contributed by atoms with Gasteiger partial charge in [0, 0.05) is 11.4 Å². The van der Waals surface area contributed by atoms with Crippen LogP contribution < -0.4 is 15.8 Å². The van der Waals surface area contributed by atoms with E-state index in [1.54, 1.807) is 25.3 Å². The molecule has 0 spiro atoms. The van der Waals surface area contributed by atoms with Crippen LogP contribution in [-0.4, -0.2) is 13.0 Å². The zero-order valence-electron chi connectivity index (χ0n) is 10.9. The molecule has 1 amide bonds. The predicted molar refractivity (Wildman–Crippen MR) is 76.5 cm³/mol. The molecule has 0 saturated heterocycles. The van der Waals surface area contributed by atoms with Crippen molar-refractivity contribution in [3.8, 4) is 5.75 Å². The van der Waals surface area contributed by atoms with Crippen LogP contribution in [0.3, 0.4) is 0 Å². The largest absolute Gasteiger partial charge is 0.497 e. The van der Waals surface area contributed by atoms with Crippen molar-refractivity contribution in [2.75, 3.05) is 18.2 Å². The quantitative estimate of drug-likeness (QED) is 0.830. The summed E-state index contributed by atoms with van der Waals surface area (Å²) in [6.07, 6.45) is 0. The molecule has 2 aromatic carbocycles. The minimum absolute atomic E-state index is 0.250. The van der Waals surface area contributed by atoms with Crippen molar-refractivity contribution in [2.45, 2.75) is 6.92 Å². The van der Waals surface area contributed by atoms with Gasteiger partial charge in [0.25, 0.3) is 5.91 Å². The van der Waals surface area contributed by atoms with E-state index in [0.29, 0.717) is 17.0 Å². The molecule has 2 rings (SSSR count). The fraction of sp³-hybridized carbons (Fsp3) is 0.133. The number of benzene rings is 2. The van der Waals surface area contributed by atoms with Crippen molar-refractivity contribution in [1.82, 2.24) is 0 Å². The normalized spacial score (nSPS) is 10.0. The van der Waals surface area contributed by atoms with Gasteiger partial charge in [0.1, 0.15) is 5.75 Å². The lowest BCUT2D eigenvalue weighted by Crippen LogP contribution is -2.14. The second-order valence-corrected chi connectivity index (χ2v) is 4.27. The van der Waals surface area contributed by atoms with Crippen molar-refractivity contribution < 1.29 is 9.53 Å². The molecule has 0 aliphatic heterocycles. The highest BCUT2D eigenvalue weighted by Gasteiger charge is 2.11. The molecule has 98 valence electrons. The Hall–Kier alpha value is -2.49. The number of nitrogens with one attached hydrogen (secondary N) is 1. The van der Waals surface area contributed by atoms with Crippen molar-refractivity contribution in [2.24, 2.45) is 0 Å². The molecular formula is C15H16N2O2. The van der Waals surface area contributed by atoms with Crippen molar-refractivity contribution in [3.63, 3.8) is 0 Å². The molecule has 4 heteroatoms. The lowest BCUT2D eigenvalue weighted by molar-refractivity contribution is 0.102. The number of nitrogens with two attached hydrogens (primary N) is 1. The van der Waals surface area contributed by atoms with E-state index >= 15 is 0 Å². The third-order valence-electron chi connectivity index (χ3n) is 2.81. The number of hydrogen-bond donors (Lipinski definition) is 2. The number of carbonyl (C=O) groups is 1. The average molecular weight is 256 g/mol. The van der Waals surface area contributed by atoms with Gasteiger partial charge < -0.3 is 15.8 Å². The molecule has 0 saturated carbocycles. The molecule has 2 aromatic rings. The monoisotopic (exact) mass is 256 g/mol. The highest BCUT2D eigenvalue weighted by Crippen LogP contribution is 2.21. The Morgan fingerprint density at radius 1 is 1.16 bits per heavy atom. The third-order valence-corrected chi connectivity index (χ3v) is 2.81. The Balaban J connectivity index is 2.22. The number of ether oxygens (including phenoxy) is 1. The zero-order valence-corrected chi connectivity index (χ0v) is 10.9. The molecule has 0 aliphatic rings. The first-order valence-corrected chi connectivity index (χ1v) is 5.91. The van der Waals surface area contributed by atoms with Gasteiger partial charge >= 0.3 is 0 Å². The van der Waals surface area contributed by atoms with Crippen LogP contribution >= 0.6 is 0 Å². The molecule has 0 radical (unpaired) electrons. The molecular weight excluding hydrogens is 240 g/mol. The van der Waals surface area contributed by atoms with Crippen molar-refractivity contribution in [1.29, 1.82) is 0 Å². The molecule has 0 aromatic heterocycles. The molecule has 0 bridgehead atoms. The van der Waals surface area contributed by atoms with Crippen LogP contribution in [0, 0.1) is 6.92 Å². The summed E-state index contributed by atoms with van der Waals surface area (Å²) in [6.45, 7) is 1.99. The molecule has 19 heavy (non-hydrogen) atoms. The maximum absolute atomic E-state index is 12.1. The van der Waals surface area contributed by atoms with E-state index in [9.17, 15) is 4.79 Å². The van der Waals surface area contributed by atoms with E-state index in [1.165, 1.54) is 0 Å². The number of rotatable bonds is 3. The molecule has 0 aliphatic carbocycles. The van der Waals surface area contributed by atoms with E-state index in [4.69, 9.17) is 10.5 Å². The Morgan fingerprint density at radius 2 is 1.84 bits per heavy atom. The molecule has 0 heterocycles. The van der Waals surface area contributed by atoms with Crippen LogP contribution in [0.1, 0.15) is 15.9 Å². The fourth-order valence-corrected chi connectivity index (χ4v) is 1.69. The van der Waals surface area contributed by atoms with Crippen molar-refractivity contribution in [3.05, 3.63) is 53.6 Å². The lowest BCUT2D eigenvalue weighted by Gasteiger charge is -2.09. The van der Waals surface area contributed by atoms with Crippen LogP contribution in [0.2, 0.25) is 0 Å². The summed E-state index contributed by atoms with van der Waals surface area (Å²) in [4.78, 5) is 12.1. The smallest absolute Gasteiger partial charge is 0.257 e. The number of aryl methyl sites for hydroxylation is 1. The highest BCUT2D eigenvalue weighted by atomic mass is 16.5. The topological polar surface area (TPSA) is 64.3 Å². The zero-order chi connectivity index (χ0) is 13.8. The van der Waals surface area contributed by atoms with Gasteiger partial charge in [0.2, 0.25) is 0 Å². The van der Waals surface area contributed by atoms with E-state index in [0.717, 1.165) is 11.3 Å². The van der Waals surface area contributed by atoms with Gasteiger partial charge in [-0.1, -0.05) is 17.7 Å². The number of nitrogen functional groups attached to an aromatic ring is 1. The Labute approximate surface area is 112 Å². The first-order chi connectivity index (χ1) is 9.10. The first-order valence-electron chi connectivity index (χ1n) is 5.91. The molecule has 3 N–H and O–H groups in total. The van der Waals surface area contributed by atoms with E-state index in [2.05, 4.69) is 5.32 Å². The van der Waals surface area contributed by atoms with E-state index in [1.807, 2.05) is 31.2 Å². The highest BCUT2D eigenvalue weighted by molar-refractivity contribution is 6.08. The second-order valence-electron chi connectivity index (χ2n) is 4.27. The van der Waals surface area contributed by atoms with Crippen LogP contribution in [0.4, 0.5) is 11.4 Å². The predicted octanol–water partition coefficient (Wildman–Crippen LogP) is 2.84. The van der Waals surface area contributed by atoms with Crippen LogP contribution in [0.15, 0.2) is 42.5 Å². The molecule has 4 nitrogen and oxygen atoms in total. The molecule has 0 atom stereocenters. The minimum atomic E-state index is -0.250. The standard InChI is InChI=1S/C15H16N2O2/c1-10-3-5-11(6-4-10)17-15(18)13-9-12(19-2)7-8-14(13)16/h3-9H,16H2,1-2H3,(H,17,18). The van der Waals surface area contributed by atoms with Gasteiger partial charge in [0.05, 0.1) is 12.7 Å². The fourth-order valence-electron chi connectivity index (χ4n) is 1.69. The summed E-state index contributed by atoms with van der Waals surface area (Å²) in [5.41, 5.74) is 8.50. The van der Waals surface area contributed by atoms with Crippen LogP contribution in [0.5, 0.6) is 5.75 Å². The summed E-state index contributed by atoms with van der Waals surface area (Å²) in [6, 6.07) is 12.6. The first kappa shape index (κ1) is 13.0. The Bertz CT molecular complexity index is 592. The SMILES string of the molecule is COc1ccc(N)c(C(=O)Nc2ccc(C)cc2)c1. The Morgan fingerprint density at radius 3 is 2.47 bits per heavy atom. The van der Waals surface area contributed by atoms with Gasteiger partial charge in [-0.05, 0) is 37.3 Å². The van der Waals surface area contributed by atoms with Gasteiger partial charge in [-0.2, -0.15) is 0 Å². The van der Waals surface area contributed by atoms with Gasteiger partial charge in [-0.25, -0.2) is 0 Å². The summed E-state index contributed by atoms with van der Waals surface area (Å²) in [5, 5.41) is 2.80. The van der Waals surface area contributed by atoms with Gasteiger partial charge in [-0.15, -0.1) is 0 Å². The number of amides is 1. The summed E-state index contributed by atoms with van der Waals surface area (Å²) >= 11 is 0. The summed E-state index contributed by atoms with van der Waals surface area (Å²) < 4.78 is 5.09. The maximum atomic E-state index is 12.1. The maximum Gasteiger partial charge on any atom is 0.257 e. The van der Waals surface area contributed by atoms with E-state index in [-0.39, 0.29) is 5.91 Å². The van der Waals surface area contributed by atoms with Crippen LogP contribution in [0.25, 0.3) is 0 Å². The summed E-state index contributed by atoms with van der Waals surface area (Å²) in [5.74, 6) is 0.350. The van der Waals surface area contributed by atoms with Gasteiger partial charge in [-0.3, -0.25) is 4.79 Å². The minimum Gasteiger partial charge on any atom is -0.497 e. The van der Waals surface area contributed by atoms with Crippen LogP contribution in [-0.2, 0) is 0 Å². The van der Waals surface area contributed by atoms with Gasteiger partial charge in [0.15, 0.2) is 0 Å². The third kappa shape index (κ3) is 3.04.